The first-order valence-electron chi connectivity index (χ1n) is 6.93. The molecule has 0 aliphatic heterocycles. The highest BCUT2D eigenvalue weighted by atomic mass is 19.4. The average molecular weight is 318 g/mol. The molecule has 0 spiro atoms. The Kier molecular flexibility index (Phi) is 3.85. The summed E-state index contributed by atoms with van der Waals surface area (Å²) in [5.74, 6) is -0.0370. The largest absolute Gasteiger partial charge is 0.417 e. The van der Waals surface area contributed by atoms with Crippen LogP contribution in [0, 0.1) is 6.92 Å². The zero-order valence-corrected chi connectivity index (χ0v) is 12.2. The van der Waals surface area contributed by atoms with Gasteiger partial charge in [-0.3, -0.25) is 0 Å². The van der Waals surface area contributed by atoms with E-state index in [9.17, 15) is 13.2 Å². The van der Waals surface area contributed by atoms with Gasteiger partial charge in [0.05, 0.1) is 12.1 Å². The molecule has 3 rings (SSSR count). The normalized spacial score (nSPS) is 11.7. The van der Waals surface area contributed by atoms with Gasteiger partial charge in [0.25, 0.3) is 0 Å². The number of benzene rings is 2. The van der Waals surface area contributed by atoms with Crippen LogP contribution in [0.2, 0.25) is 0 Å². The molecular weight excluding hydrogens is 305 g/mol. The molecule has 0 atom stereocenters. The first kappa shape index (κ1) is 15.2. The molecule has 0 saturated heterocycles. The molecule has 0 saturated carbocycles. The minimum atomic E-state index is -4.46. The lowest BCUT2D eigenvalue weighted by Crippen LogP contribution is -2.08. The van der Waals surface area contributed by atoms with Gasteiger partial charge in [0.2, 0.25) is 5.82 Å². The zero-order valence-electron chi connectivity index (χ0n) is 12.2. The molecule has 1 heterocycles. The van der Waals surface area contributed by atoms with E-state index in [-0.39, 0.29) is 11.4 Å². The van der Waals surface area contributed by atoms with E-state index in [1.165, 1.54) is 23.0 Å². The summed E-state index contributed by atoms with van der Waals surface area (Å²) in [7, 11) is 0. The van der Waals surface area contributed by atoms with Gasteiger partial charge in [-0.2, -0.15) is 18.0 Å². The van der Waals surface area contributed by atoms with E-state index >= 15 is 0 Å². The van der Waals surface area contributed by atoms with Crippen molar-refractivity contribution < 1.29 is 13.2 Å². The quantitative estimate of drug-likeness (QED) is 0.739. The van der Waals surface area contributed by atoms with Crippen LogP contribution in [0.4, 0.5) is 13.2 Å². The van der Waals surface area contributed by atoms with E-state index in [1.54, 1.807) is 0 Å². The first-order chi connectivity index (χ1) is 10.9. The maximum atomic E-state index is 13.0. The minimum absolute atomic E-state index is 0.0370. The van der Waals surface area contributed by atoms with Crippen LogP contribution in [0.25, 0.3) is 11.4 Å². The van der Waals surface area contributed by atoms with E-state index in [0.717, 1.165) is 17.2 Å². The third-order valence-electron chi connectivity index (χ3n) is 3.37. The Hall–Kier alpha value is -2.70. The lowest BCUT2D eigenvalue weighted by molar-refractivity contribution is -0.137. The lowest BCUT2D eigenvalue weighted by Gasteiger charge is -2.09. The van der Waals surface area contributed by atoms with E-state index in [1.807, 2.05) is 31.2 Å². The minimum Gasteiger partial charge on any atom is -0.166 e. The predicted octanol–water partition coefficient (Wildman–Crippen LogP) is 3.72. The van der Waals surface area contributed by atoms with Crippen molar-refractivity contribution in [3.8, 4) is 11.4 Å². The lowest BCUT2D eigenvalue weighted by atomic mass is 10.1. The van der Waals surface area contributed by atoms with Gasteiger partial charge in [0.15, 0.2) is 0 Å². The smallest absolute Gasteiger partial charge is 0.166 e. The van der Waals surface area contributed by atoms with Crippen molar-refractivity contribution in [3.05, 3.63) is 65.2 Å². The van der Waals surface area contributed by atoms with Gasteiger partial charge in [0, 0.05) is 5.56 Å². The fourth-order valence-electron chi connectivity index (χ4n) is 2.20. The van der Waals surface area contributed by atoms with Crippen LogP contribution >= 0.6 is 0 Å². The van der Waals surface area contributed by atoms with Crippen LogP contribution < -0.4 is 0 Å². The van der Waals surface area contributed by atoms with Gasteiger partial charge in [-0.25, -0.2) is 0 Å². The van der Waals surface area contributed by atoms with E-state index in [0.29, 0.717) is 6.54 Å². The van der Waals surface area contributed by atoms with Gasteiger partial charge >= 0.3 is 6.18 Å². The molecule has 3 aromatic rings. The molecule has 0 unspecified atom stereocenters. The summed E-state index contributed by atoms with van der Waals surface area (Å²) in [6, 6.07) is 12.9. The van der Waals surface area contributed by atoms with Crippen molar-refractivity contribution >= 4 is 0 Å². The second-order valence-electron chi connectivity index (χ2n) is 5.17. The van der Waals surface area contributed by atoms with Crippen LogP contribution in [-0.2, 0) is 12.7 Å². The van der Waals surface area contributed by atoms with E-state index < -0.39 is 11.7 Å². The molecule has 0 radical (unpaired) electrons. The van der Waals surface area contributed by atoms with Crippen LogP contribution in [0.1, 0.15) is 16.7 Å². The Morgan fingerprint density at radius 2 is 1.70 bits per heavy atom. The molecule has 4 nitrogen and oxygen atoms in total. The molecule has 0 bridgehead atoms. The van der Waals surface area contributed by atoms with Crippen LogP contribution in [0.15, 0.2) is 48.5 Å². The highest BCUT2D eigenvalue weighted by Gasteiger charge is 2.34. The number of nitrogens with zero attached hydrogens (tertiary/aromatic N) is 4. The Balaban J connectivity index is 1.89. The number of rotatable bonds is 3. The molecular formula is C16H13F3N4. The van der Waals surface area contributed by atoms with Crippen molar-refractivity contribution in [3.63, 3.8) is 0 Å². The monoisotopic (exact) mass is 318 g/mol. The van der Waals surface area contributed by atoms with Crippen LogP contribution in [-0.4, -0.2) is 20.2 Å². The van der Waals surface area contributed by atoms with Crippen molar-refractivity contribution in [1.29, 1.82) is 0 Å². The zero-order chi connectivity index (χ0) is 16.4. The number of aromatic nitrogens is 4. The Morgan fingerprint density at radius 1 is 1.00 bits per heavy atom. The molecule has 0 N–H and O–H groups in total. The second kappa shape index (κ2) is 5.83. The fraction of sp³-hybridized carbons (Fsp3) is 0.188. The van der Waals surface area contributed by atoms with Crippen LogP contribution in [0.5, 0.6) is 0 Å². The number of hydrogen-bond donors (Lipinski definition) is 0. The summed E-state index contributed by atoms with van der Waals surface area (Å²) in [6.45, 7) is 2.32. The molecule has 118 valence electrons. The third-order valence-corrected chi connectivity index (χ3v) is 3.37. The van der Waals surface area contributed by atoms with Gasteiger partial charge in [-0.1, -0.05) is 48.0 Å². The summed E-state index contributed by atoms with van der Waals surface area (Å²) >= 11 is 0. The number of aryl methyl sites for hydroxylation is 1. The molecule has 7 heteroatoms. The maximum Gasteiger partial charge on any atom is 0.417 e. The predicted molar refractivity (Wildman–Crippen MR) is 78.5 cm³/mol. The topological polar surface area (TPSA) is 43.6 Å². The van der Waals surface area contributed by atoms with E-state index in [4.69, 9.17) is 0 Å². The van der Waals surface area contributed by atoms with Gasteiger partial charge in [-0.05, 0) is 23.8 Å². The second-order valence-corrected chi connectivity index (χ2v) is 5.17. The van der Waals surface area contributed by atoms with Gasteiger partial charge in [0.1, 0.15) is 0 Å². The highest BCUT2D eigenvalue weighted by Crippen LogP contribution is 2.35. The van der Waals surface area contributed by atoms with E-state index in [2.05, 4.69) is 15.4 Å². The average Bonchev–Trinajstić information content (AvgIpc) is 2.97. The Labute approximate surface area is 130 Å². The van der Waals surface area contributed by atoms with Crippen molar-refractivity contribution in [2.24, 2.45) is 0 Å². The van der Waals surface area contributed by atoms with Crippen molar-refractivity contribution in [2.45, 2.75) is 19.6 Å². The molecule has 0 amide bonds. The Morgan fingerprint density at radius 3 is 2.39 bits per heavy atom. The Bertz CT molecular complexity index is 807. The molecule has 0 aliphatic carbocycles. The summed E-state index contributed by atoms with van der Waals surface area (Å²) in [5, 5.41) is 11.7. The van der Waals surface area contributed by atoms with Gasteiger partial charge < -0.3 is 0 Å². The molecule has 1 aromatic heterocycles. The third kappa shape index (κ3) is 3.39. The molecule has 2 aromatic carbocycles. The summed E-state index contributed by atoms with van der Waals surface area (Å²) in [5.41, 5.74) is 1.23. The highest BCUT2D eigenvalue weighted by molar-refractivity contribution is 5.60. The number of alkyl halides is 3. The van der Waals surface area contributed by atoms with Crippen molar-refractivity contribution in [1.82, 2.24) is 20.2 Å². The summed E-state index contributed by atoms with van der Waals surface area (Å²) < 4.78 is 39.1. The summed E-state index contributed by atoms with van der Waals surface area (Å²) in [4.78, 5) is 1.28. The molecule has 23 heavy (non-hydrogen) atoms. The number of tetrazole rings is 1. The fourth-order valence-corrected chi connectivity index (χ4v) is 2.20. The van der Waals surface area contributed by atoms with Crippen LogP contribution in [0.3, 0.4) is 0 Å². The molecule has 0 aliphatic rings. The number of halogens is 3. The van der Waals surface area contributed by atoms with Crippen molar-refractivity contribution in [2.75, 3.05) is 0 Å². The molecule has 0 fully saturated rings. The SMILES string of the molecule is Cc1ccc(Cn2nnc(-c3ccccc3C(F)(F)F)n2)cc1. The summed E-state index contributed by atoms with van der Waals surface area (Å²) in [6.07, 6.45) is -4.46. The van der Waals surface area contributed by atoms with Gasteiger partial charge in [-0.15, -0.1) is 10.2 Å². The standard InChI is InChI=1S/C16H13F3N4/c1-11-6-8-12(9-7-11)10-23-21-15(20-22-23)13-4-2-3-5-14(13)16(17,18)19/h2-9H,10H2,1H3. The first-order valence-corrected chi connectivity index (χ1v) is 6.93. The maximum absolute atomic E-state index is 13.0. The number of hydrogen-bond acceptors (Lipinski definition) is 3.